The van der Waals surface area contributed by atoms with Gasteiger partial charge in [-0.25, -0.2) is 8.42 Å². The van der Waals surface area contributed by atoms with Crippen LogP contribution in [-0.2, 0) is 10.0 Å². The molecule has 3 N–H and O–H groups in total. The molecule has 0 radical (unpaired) electrons. The second kappa shape index (κ2) is 7.45. The molecule has 0 aromatic rings. The molecule has 6 nitrogen and oxygen atoms in total. The van der Waals surface area contributed by atoms with E-state index in [0.29, 0.717) is 0 Å². The number of oxime groups is 1. The van der Waals surface area contributed by atoms with E-state index in [0.717, 1.165) is 51.4 Å². The van der Waals surface area contributed by atoms with Crippen LogP contribution in [0.1, 0.15) is 57.8 Å². The Kier molecular flexibility index (Phi) is 5.87. The Labute approximate surface area is 127 Å². The summed E-state index contributed by atoms with van der Waals surface area (Å²) in [6, 6.07) is 0.0129. The molecular formula is C14H27N3O3S. The lowest BCUT2D eigenvalue weighted by atomic mass is 9.91. The largest absolute Gasteiger partial charge is 0.409 e. The summed E-state index contributed by atoms with van der Waals surface area (Å²) in [4.78, 5) is 0. The Hall–Kier alpha value is -0.820. The van der Waals surface area contributed by atoms with Crippen LogP contribution in [-0.4, -0.2) is 42.1 Å². The van der Waals surface area contributed by atoms with E-state index in [-0.39, 0.29) is 30.1 Å². The summed E-state index contributed by atoms with van der Waals surface area (Å²) in [5.41, 5.74) is 5.57. The molecule has 0 spiro atoms. The first-order valence-corrected chi connectivity index (χ1v) is 9.60. The molecule has 0 amide bonds. The Balaban J connectivity index is 2.08. The van der Waals surface area contributed by atoms with Crippen molar-refractivity contribution < 1.29 is 13.6 Å². The lowest BCUT2D eigenvalue weighted by Gasteiger charge is -2.30. The van der Waals surface area contributed by atoms with Crippen LogP contribution < -0.4 is 5.73 Å². The predicted molar refractivity (Wildman–Crippen MR) is 82.7 cm³/mol. The van der Waals surface area contributed by atoms with E-state index in [9.17, 15) is 8.42 Å². The highest BCUT2D eigenvalue weighted by molar-refractivity contribution is 7.89. The molecule has 7 heteroatoms. The third-order valence-corrected chi connectivity index (χ3v) is 6.74. The van der Waals surface area contributed by atoms with Crippen molar-refractivity contribution in [1.82, 2.24) is 4.31 Å². The quantitative estimate of drug-likeness (QED) is 0.338. The summed E-state index contributed by atoms with van der Waals surface area (Å²) >= 11 is 0. The van der Waals surface area contributed by atoms with Crippen LogP contribution in [0.3, 0.4) is 0 Å². The van der Waals surface area contributed by atoms with Crippen LogP contribution in [0.2, 0.25) is 0 Å². The second-order valence-corrected chi connectivity index (χ2v) is 8.32. The van der Waals surface area contributed by atoms with Gasteiger partial charge in [0.15, 0.2) is 5.84 Å². The molecule has 0 aromatic carbocycles. The van der Waals surface area contributed by atoms with Gasteiger partial charge in [-0.05, 0) is 31.6 Å². The van der Waals surface area contributed by atoms with Crippen LogP contribution in [0.4, 0.5) is 0 Å². The van der Waals surface area contributed by atoms with Crippen LogP contribution in [0.5, 0.6) is 0 Å². The Morgan fingerprint density at radius 1 is 1.10 bits per heavy atom. The topological polar surface area (TPSA) is 96.0 Å². The highest BCUT2D eigenvalue weighted by Crippen LogP contribution is 2.29. The van der Waals surface area contributed by atoms with Crippen molar-refractivity contribution in [1.29, 1.82) is 0 Å². The summed E-state index contributed by atoms with van der Waals surface area (Å²) in [6.07, 6.45) is 9.33. The van der Waals surface area contributed by atoms with Gasteiger partial charge in [-0.2, -0.15) is 4.31 Å². The minimum atomic E-state index is -3.35. The summed E-state index contributed by atoms with van der Waals surface area (Å²) in [7, 11) is -3.35. The van der Waals surface area contributed by atoms with Gasteiger partial charge in [-0.1, -0.05) is 37.3 Å². The van der Waals surface area contributed by atoms with Gasteiger partial charge < -0.3 is 10.9 Å². The smallest absolute Gasteiger partial charge is 0.215 e. The zero-order chi connectivity index (χ0) is 15.3. The van der Waals surface area contributed by atoms with E-state index < -0.39 is 10.0 Å². The number of hydrogen-bond acceptors (Lipinski definition) is 4. The fourth-order valence-electron chi connectivity index (χ4n) is 3.59. The van der Waals surface area contributed by atoms with Crippen molar-refractivity contribution in [3.63, 3.8) is 0 Å². The van der Waals surface area contributed by atoms with Crippen molar-refractivity contribution in [2.24, 2.45) is 16.8 Å². The summed E-state index contributed by atoms with van der Waals surface area (Å²) in [6.45, 7) is 0.0101. The molecule has 2 aliphatic rings. The van der Waals surface area contributed by atoms with E-state index in [4.69, 9.17) is 10.9 Å². The van der Waals surface area contributed by atoms with E-state index >= 15 is 0 Å². The molecular weight excluding hydrogens is 290 g/mol. The van der Waals surface area contributed by atoms with Crippen molar-refractivity contribution in [3.05, 3.63) is 0 Å². The monoisotopic (exact) mass is 317 g/mol. The molecule has 0 saturated heterocycles. The van der Waals surface area contributed by atoms with Gasteiger partial charge in [0.05, 0.1) is 12.3 Å². The number of amidine groups is 1. The number of rotatable bonds is 6. The first-order valence-electron chi connectivity index (χ1n) is 7.99. The van der Waals surface area contributed by atoms with Gasteiger partial charge in [0, 0.05) is 6.04 Å². The molecule has 2 saturated carbocycles. The molecule has 2 rings (SSSR count). The first kappa shape index (κ1) is 16.5. The zero-order valence-corrected chi connectivity index (χ0v) is 13.4. The Morgan fingerprint density at radius 3 is 2.24 bits per heavy atom. The first-order chi connectivity index (χ1) is 10.0. The molecule has 122 valence electrons. The van der Waals surface area contributed by atoms with Gasteiger partial charge >= 0.3 is 0 Å². The predicted octanol–water partition coefficient (Wildman–Crippen LogP) is 1.89. The van der Waals surface area contributed by atoms with E-state index in [1.807, 2.05) is 0 Å². The minimum absolute atomic E-state index is 0.0101. The van der Waals surface area contributed by atoms with E-state index in [2.05, 4.69) is 5.16 Å². The molecule has 0 bridgehead atoms. The molecule has 2 fully saturated rings. The SMILES string of the molecule is NC(CN(C1CCCC1)S(=O)(=O)CC1CCCCC1)=NO. The van der Waals surface area contributed by atoms with Crippen molar-refractivity contribution in [2.45, 2.75) is 63.8 Å². The average molecular weight is 317 g/mol. The number of nitrogens with zero attached hydrogens (tertiary/aromatic N) is 2. The molecule has 0 unspecified atom stereocenters. The second-order valence-electron chi connectivity index (χ2n) is 6.36. The number of nitrogens with two attached hydrogens (primary N) is 1. The van der Waals surface area contributed by atoms with Crippen LogP contribution in [0.25, 0.3) is 0 Å². The highest BCUT2D eigenvalue weighted by Gasteiger charge is 2.34. The molecule has 0 heterocycles. The van der Waals surface area contributed by atoms with Gasteiger partial charge in [-0.15, -0.1) is 0 Å². The standard InChI is InChI=1S/C14H27N3O3S/c15-14(16-18)10-17(13-8-4-5-9-13)21(19,20)11-12-6-2-1-3-7-12/h12-13,18H,1-11H2,(H2,15,16). The maximum absolute atomic E-state index is 12.8. The lowest BCUT2D eigenvalue weighted by molar-refractivity contribution is 0.306. The van der Waals surface area contributed by atoms with Crippen molar-refractivity contribution in [3.8, 4) is 0 Å². The van der Waals surface area contributed by atoms with Gasteiger partial charge in [0.25, 0.3) is 0 Å². The zero-order valence-electron chi connectivity index (χ0n) is 12.6. The molecule has 2 aliphatic carbocycles. The van der Waals surface area contributed by atoms with Gasteiger partial charge in [-0.3, -0.25) is 0 Å². The normalized spacial score (nSPS) is 23.0. The highest BCUT2D eigenvalue weighted by atomic mass is 32.2. The molecule has 0 atom stereocenters. The summed E-state index contributed by atoms with van der Waals surface area (Å²) < 4.78 is 27.0. The Bertz CT molecular complexity index is 452. The van der Waals surface area contributed by atoms with Crippen LogP contribution in [0.15, 0.2) is 5.16 Å². The fourth-order valence-corrected chi connectivity index (χ4v) is 5.70. The maximum Gasteiger partial charge on any atom is 0.215 e. The third kappa shape index (κ3) is 4.57. The number of hydrogen-bond donors (Lipinski definition) is 2. The maximum atomic E-state index is 12.8. The van der Waals surface area contributed by atoms with Crippen molar-refractivity contribution >= 4 is 15.9 Å². The van der Waals surface area contributed by atoms with E-state index in [1.54, 1.807) is 0 Å². The van der Waals surface area contributed by atoms with Gasteiger partial charge in [0.2, 0.25) is 10.0 Å². The molecule has 21 heavy (non-hydrogen) atoms. The fraction of sp³-hybridized carbons (Fsp3) is 0.929. The molecule has 0 aromatic heterocycles. The average Bonchev–Trinajstić information content (AvgIpc) is 2.98. The summed E-state index contributed by atoms with van der Waals surface area (Å²) in [5, 5.41) is 11.7. The third-order valence-electron chi connectivity index (χ3n) is 4.71. The summed E-state index contributed by atoms with van der Waals surface area (Å²) in [5.74, 6) is 0.441. The molecule has 0 aliphatic heterocycles. The van der Waals surface area contributed by atoms with Crippen LogP contribution in [0, 0.1) is 5.92 Å². The van der Waals surface area contributed by atoms with Crippen LogP contribution >= 0.6 is 0 Å². The minimum Gasteiger partial charge on any atom is -0.409 e. The Morgan fingerprint density at radius 2 is 1.67 bits per heavy atom. The lowest BCUT2D eigenvalue weighted by Crippen LogP contribution is -2.46. The number of sulfonamides is 1. The van der Waals surface area contributed by atoms with Crippen molar-refractivity contribution in [2.75, 3.05) is 12.3 Å². The van der Waals surface area contributed by atoms with Gasteiger partial charge in [0.1, 0.15) is 0 Å². The van der Waals surface area contributed by atoms with E-state index in [1.165, 1.54) is 10.7 Å².